The molecule has 6 heteroatoms. The number of carbonyl (C=O) groups is 2. The van der Waals surface area contributed by atoms with Gasteiger partial charge in [-0.25, -0.2) is 9.18 Å². The van der Waals surface area contributed by atoms with Crippen molar-refractivity contribution in [2.75, 3.05) is 13.2 Å². The van der Waals surface area contributed by atoms with Gasteiger partial charge in [-0.15, -0.1) is 0 Å². The molecule has 108 valence electrons. The first-order valence-electron chi connectivity index (χ1n) is 6.47. The number of nitrogens with zero attached hydrogens (tertiary/aromatic N) is 1. The number of halogens is 2. The van der Waals surface area contributed by atoms with E-state index in [0.717, 1.165) is 12.5 Å². The highest BCUT2D eigenvalue weighted by atomic mass is 35.5. The first-order chi connectivity index (χ1) is 9.54. The SMILES string of the molecule is CCOC(=O)C1CCCN1C(=O)c1ccc(F)c(Cl)c1. The predicted molar refractivity (Wildman–Crippen MR) is 72.1 cm³/mol. The van der Waals surface area contributed by atoms with Crippen LogP contribution in [0.1, 0.15) is 30.1 Å². The highest BCUT2D eigenvalue weighted by molar-refractivity contribution is 6.31. The summed E-state index contributed by atoms with van der Waals surface area (Å²) in [7, 11) is 0. The summed E-state index contributed by atoms with van der Waals surface area (Å²) >= 11 is 5.68. The lowest BCUT2D eigenvalue weighted by atomic mass is 10.1. The van der Waals surface area contributed by atoms with Crippen LogP contribution in [0, 0.1) is 5.82 Å². The molecule has 0 aliphatic carbocycles. The van der Waals surface area contributed by atoms with Gasteiger partial charge in [0.05, 0.1) is 11.6 Å². The van der Waals surface area contributed by atoms with E-state index in [1.807, 2.05) is 0 Å². The molecule has 20 heavy (non-hydrogen) atoms. The van der Waals surface area contributed by atoms with Crippen molar-refractivity contribution in [3.63, 3.8) is 0 Å². The Morgan fingerprint density at radius 3 is 2.90 bits per heavy atom. The largest absolute Gasteiger partial charge is 0.464 e. The quantitative estimate of drug-likeness (QED) is 0.806. The molecule has 1 atom stereocenters. The van der Waals surface area contributed by atoms with Gasteiger partial charge in [0.1, 0.15) is 11.9 Å². The summed E-state index contributed by atoms with van der Waals surface area (Å²) in [5, 5.41) is -0.109. The fourth-order valence-electron chi connectivity index (χ4n) is 2.29. The molecular formula is C14H15ClFNO3. The Bertz CT molecular complexity index is 535. The number of benzene rings is 1. The molecule has 0 spiro atoms. The van der Waals surface area contributed by atoms with Crippen LogP contribution in [0.4, 0.5) is 4.39 Å². The van der Waals surface area contributed by atoms with Gasteiger partial charge in [0.25, 0.3) is 5.91 Å². The van der Waals surface area contributed by atoms with Crippen LogP contribution in [-0.4, -0.2) is 36.0 Å². The Labute approximate surface area is 121 Å². The van der Waals surface area contributed by atoms with E-state index >= 15 is 0 Å². The molecule has 1 heterocycles. The second kappa shape index (κ2) is 6.22. The van der Waals surface area contributed by atoms with Gasteiger partial charge in [0.2, 0.25) is 0 Å². The van der Waals surface area contributed by atoms with E-state index < -0.39 is 17.8 Å². The zero-order valence-electron chi connectivity index (χ0n) is 11.1. The standard InChI is InChI=1S/C14H15ClFNO3/c1-2-20-14(19)12-4-3-7-17(12)13(18)9-5-6-11(16)10(15)8-9/h5-6,8,12H,2-4,7H2,1H3. The summed E-state index contributed by atoms with van der Waals surface area (Å²) in [6.45, 7) is 2.48. The van der Waals surface area contributed by atoms with Gasteiger partial charge in [0.15, 0.2) is 0 Å². The third-order valence-electron chi connectivity index (χ3n) is 3.24. The van der Waals surface area contributed by atoms with Crippen LogP contribution >= 0.6 is 11.6 Å². The van der Waals surface area contributed by atoms with Crippen molar-refractivity contribution < 1.29 is 18.7 Å². The van der Waals surface area contributed by atoms with E-state index in [4.69, 9.17) is 16.3 Å². The average Bonchev–Trinajstić information content (AvgIpc) is 2.90. The van der Waals surface area contributed by atoms with Crippen LogP contribution < -0.4 is 0 Å². The fraction of sp³-hybridized carbons (Fsp3) is 0.429. The average molecular weight is 300 g/mol. The lowest BCUT2D eigenvalue weighted by molar-refractivity contribution is -0.147. The summed E-state index contributed by atoms with van der Waals surface area (Å²) in [6.07, 6.45) is 1.32. The minimum absolute atomic E-state index is 0.109. The molecule has 1 aliphatic heterocycles. The maximum atomic E-state index is 13.1. The summed E-state index contributed by atoms with van der Waals surface area (Å²) in [5.74, 6) is -1.31. The lowest BCUT2D eigenvalue weighted by Crippen LogP contribution is -2.41. The number of amides is 1. The Hall–Kier alpha value is -1.62. The molecule has 0 radical (unpaired) electrons. The van der Waals surface area contributed by atoms with E-state index in [-0.39, 0.29) is 23.1 Å². The number of likely N-dealkylation sites (tertiary alicyclic amines) is 1. The van der Waals surface area contributed by atoms with Gasteiger partial charge in [-0.3, -0.25) is 4.79 Å². The van der Waals surface area contributed by atoms with Gasteiger partial charge in [0, 0.05) is 12.1 Å². The minimum Gasteiger partial charge on any atom is -0.464 e. The molecule has 0 bridgehead atoms. The van der Waals surface area contributed by atoms with E-state index in [2.05, 4.69) is 0 Å². The first kappa shape index (κ1) is 14.8. The number of esters is 1. The molecule has 1 aliphatic rings. The second-order valence-corrected chi connectivity index (χ2v) is 4.94. The Morgan fingerprint density at radius 2 is 2.25 bits per heavy atom. The highest BCUT2D eigenvalue weighted by Crippen LogP contribution is 2.23. The molecule has 0 saturated carbocycles. The monoisotopic (exact) mass is 299 g/mol. The molecule has 1 aromatic rings. The zero-order chi connectivity index (χ0) is 14.7. The molecule has 2 rings (SSSR count). The van der Waals surface area contributed by atoms with Crippen molar-refractivity contribution in [1.29, 1.82) is 0 Å². The van der Waals surface area contributed by atoms with Gasteiger partial charge < -0.3 is 9.64 Å². The topological polar surface area (TPSA) is 46.6 Å². The number of ether oxygens (including phenoxy) is 1. The van der Waals surface area contributed by atoms with Crippen LogP contribution in [0.25, 0.3) is 0 Å². The maximum absolute atomic E-state index is 13.1. The minimum atomic E-state index is -0.577. The van der Waals surface area contributed by atoms with Crippen LogP contribution in [0.2, 0.25) is 5.02 Å². The molecule has 0 N–H and O–H groups in total. The maximum Gasteiger partial charge on any atom is 0.328 e. The van der Waals surface area contributed by atoms with Gasteiger partial charge in [-0.2, -0.15) is 0 Å². The first-order valence-corrected chi connectivity index (χ1v) is 6.85. The number of carbonyl (C=O) groups excluding carboxylic acids is 2. The molecule has 1 fully saturated rings. The van der Waals surface area contributed by atoms with Crippen molar-refractivity contribution in [2.24, 2.45) is 0 Å². The zero-order valence-corrected chi connectivity index (χ0v) is 11.8. The lowest BCUT2D eigenvalue weighted by Gasteiger charge is -2.23. The van der Waals surface area contributed by atoms with Crippen LogP contribution in [0.15, 0.2) is 18.2 Å². The molecule has 0 aromatic heterocycles. The highest BCUT2D eigenvalue weighted by Gasteiger charge is 2.35. The second-order valence-electron chi connectivity index (χ2n) is 4.54. The molecule has 4 nitrogen and oxygen atoms in total. The van der Waals surface area contributed by atoms with Gasteiger partial charge in [-0.05, 0) is 38.0 Å². The van der Waals surface area contributed by atoms with E-state index in [1.165, 1.54) is 17.0 Å². The summed E-state index contributed by atoms with van der Waals surface area (Å²) in [4.78, 5) is 25.6. The molecular weight excluding hydrogens is 285 g/mol. The normalized spacial score (nSPS) is 18.1. The number of hydrogen-bond donors (Lipinski definition) is 0. The number of rotatable bonds is 3. The van der Waals surface area contributed by atoms with Crippen molar-refractivity contribution in [2.45, 2.75) is 25.8 Å². The van der Waals surface area contributed by atoms with Crippen molar-refractivity contribution in [3.8, 4) is 0 Å². The molecule has 1 aromatic carbocycles. The molecule has 1 unspecified atom stereocenters. The van der Waals surface area contributed by atoms with E-state index in [1.54, 1.807) is 6.92 Å². The molecule has 1 amide bonds. The van der Waals surface area contributed by atoms with Gasteiger partial charge >= 0.3 is 5.97 Å². The smallest absolute Gasteiger partial charge is 0.328 e. The summed E-state index contributed by atoms with van der Waals surface area (Å²) in [5.41, 5.74) is 0.271. The Morgan fingerprint density at radius 1 is 1.50 bits per heavy atom. The predicted octanol–water partition coefficient (Wildman–Crippen LogP) is 2.65. The third-order valence-corrected chi connectivity index (χ3v) is 3.53. The van der Waals surface area contributed by atoms with Crippen molar-refractivity contribution in [3.05, 3.63) is 34.6 Å². The van der Waals surface area contributed by atoms with Crippen LogP contribution in [0.3, 0.4) is 0 Å². The fourth-order valence-corrected chi connectivity index (χ4v) is 2.47. The third kappa shape index (κ3) is 2.93. The van der Waals surface area contributed by atoms with E-state index in [9.17, 15) is 14.0 Å². The Kier molecular flexibility index (Phi) is 4.60. The Balaban J connectivity index is 2.18. The molecule has 1 saturated heterocycles. The van der Waals surface area contributed by atoms with E-state index in [0.29, 0.717) is 13.0 Å². The summed E-state index contributed by atoms with van der Waals surface area (Å²) in [6, 6.07) is 3.22. The van der Waals surface area contributed by atoms with Crippen LogP contribution in [0.5, 0.6) is 0 Å². The van der Waals surface area contributed by atoms with Crippen molar-refractivity contribution >= 4 is 23.5 Å². The van der Waals surface area contributed by atoms with Gasteiger partial charge in [-0.1, -0.05) is 11.6 Å². The van der Waals surface area contributed by atoms with Crippen LogP contribution in [-0.2, 0) is 9.53 Å². The summed E-state index contributed by atoms with van der Waals surface area (Å²) < 4.78 is 18.1. The number of hydrogen-bond acceptors (Lipinski definition) is 3. The van der Waals surface area contributed by atoms with Crippen molar-refractivity contribution in [1.82, 2.24) is 4.90 Å².